The van der Waals surface area contributed by atoms with E-state index in [1.54, 1.807) is 35.2 Å². The average Bonchev–Trinajstić information content (AvgIpc) is 2.80. The summed E-state index contributed by atoms with van der Waals surface area (Å²) in [5.74, 6) is -0.382. The Balaban J connectivity index is 2.53. The molecule has 0 bridgehead atoms. The Morgan fingerprint density at radius 2 is 1.88 bits per heavy atom. The lowest BCUT2D eigenvalue weighted by Crippen LogP contribution is -2.34. The number of nitrogens with zero attached hydrogens (tertiary/aromatic N) is 6. The number of nitro benzene ring substituents is 1. The smallest absolute Gasteiger partial charge is 0.272 e. The van der Waals surface area contributed by atoms with E-state index in [1.807, 2.05) is 6.92 Å². The molecule has 0 aliphatic carbocycles. The van der Waals surface area contributed by atoms with Crippen LogP contribution in [0.4, 0.5) is 28.4 Å². The highest BCUT2D eigenvalue weighted by molar-refractivity contribution is 5.93. The van der Waals surface area contributed by atoms with Gasteiger partial charge in [-0.05, 0) is 25.1 Å². The fourth-order valence-electron chi connectivity index (χ4n) is 2.93. The van der Waals surface area contributed by atoms with Crippen molar-refractivity contribution in [3.8, 4) is 12.1 Å². The SMILES string of the molecule is CCN(C[C@@H](O)CO)c1ccc(N=Nc2c(C#N)cc([N+](=O)[O-])cc2C#N)c(NC(C)=O)c1. The minimum absolute atomic E-state index is 0.135. The molecule has 0 aromatic heterocycles. The number of nitrogens with one attached hydrogen (secondary N) is 1. The highest BCUT2D eigenvalue weighted by atomic mass is 16.6. The molecule has 0 unspecified atom stereocenters. The monoisotopic (exact) mass is 451 g/mol. The molecule has 0 saturated heterocycles. The number of carbonyl (C=O) groups excluding carboxylic acids is 1. The number of aliphatic hydroxyl groups is 2. The largest absolute Gasteiger partial charge is 0.394 e. The summed E-state index contributed by atoms with van der Waals surface area (Å²) in [6, 6.07) is 10.4. The van der Waals surface area contributed by atoms with Gasteiger partial charge in [0, 0.05) is 37.8 Å². The van der Waals surface area contributed by atoms with Crippen LogP contribution in [0.3, 0.4) is 0 Å². The molecule has 12 heteroatoms. The van der Waals surface area contributed by atoms with Gasteiger partial charge in [-0.25, -0.2) is 0 Å². The summed E-state index contributed by atoms with van der Waals surface area (Å²) in [5.41, 5.74) is 0.173. The first kappa shape index (κ1) is 24.9. The van der Waals surface area contributed by atoms with E-state index >= 15 is 0 Å². The average molecular weight is 451 g/mol. The van der Waals surface area contributed by atoms with Gasteiger partial charge in [-0.1, -0.05) is 0 Å². The first-order chi connectivity index (χ1) is 15.7. The molecule has 0 radical (unpaired) electrons. The molecule has 2 rings (SSSR count). The van der Waals surface area contributed by atoms with E-state index in [4.69, 9.17) is 5.11 Å². The molecule has 0 saturated carbocycles. The summed E-state index contributed by atoms with van der Waals surface area (Å²) in [6.45, 7) is 3.43. The van der Waals surface area contributed by atoms with Crippen molar-refractivity contribution in [1.82, 2.24) is 0 Å². The van der Waals surface area contributed by atoms with E-state index in [9.17, 15) is 30.5 Å². The number of hydrogen-bond acceptors (Lipinski definition) is 10. The topological polar surface area (TPSA) is 188 Å². The summed E-state index contributed by atoms with van der Waals surface area (Å²) in [6.07, 6.45) is -0.954. The van der Waals surface area contributed by atoms with E-state index in [2.05, 4.69) is 15.5 Å². The Labute approximate surface area is 189 Å². The van der Waals surface area contributed by atoms with Crippen LogP contribution in [0.25, 0.3) is 0 Å². The molecule has 0 heterocycles. The van der Waals surface area contributed by atoms with E-state index in [1.165, 1.54) is 6.92 Å². The summed E-state index contributed by atoms with van der Waals surface area (Å²) < 4.78 is 0. The standard InChI is InChI=1S/C21H21N7O5/c1-3-27(11-18(31)12-29)16-4-5-19(20(8-16)24-13(2)30)25-26-21-14(9-22)6-17(28(32)33)7-15(21)10-23/h4-8,18,29,31H,3,11-12H2,1-2H3,(H,24,30)/t18-/m1/s1. The molecule has 170 valence electrons. The van der Waals surface area contributed by atoms with Crippen molar-refractivity contribution in [2.75, 3.05) is 29.9 Å². The summed E-state index contributed by atoms with van der Waals surface area (Å²) in [7, 11) is 0. The molecule has 33 heavy (non-hydrogen) atoms. The van der Waals surface area contributed by atoms with Gasteiger partial charge >= 0.3 is 0 Å². The van der Waals surface area contributed by atoms with E-state index in [-0.39, 0.29) is 40.6 Å². The Bertz CT molecular complexity index is 1130. The lowest BCUT2D eigenvalue weighted by molar-refractivity contribution is -0.384. The van der Waals surface area contributed by atoms with Crippen molar-refractivity contribution >= 4 is 34.3 Å². The molecule has 0 aliphatic rings. The van der Waals surface area contributed by atoms with Crippen LogP contribution in [0, 0.1) is 32.8 Å². The minimum Gasteiger partial charge on any atom is -0.394 e. The van der Waals surface area contributed by atoms with Crippen LogP contribution >= 0.6 is 0 Å². The molecular formula is C21H21N7O5. The predicted molar refractivity (Wildman–Crippen MR) is 118 cm³/mol. The van der Waals surface area contributed by atoms with Gasteiger partial charge in [0.05, 0.1) is 34.4 Å². The minimum atomic E-state index is -0.954. The quantitative estimate of drug-likeness (QED) is 0.294. The number of azo groups is 1. The molecule has 1 amide bonds. The number of anilines is 2. The third-order valence-corrected chi connectivity index (χ3v) is 4.48. The molecule has 0 spiro atoms. The number of non-ortho nitro benzene ring substituents is 1. The van der Waals surface area contributed by atoms with E-state index in [0.29, 0.717) is 12.2 Å². The number of likely N-dealkylation sites (N-methyl/N-ethyl adjacent to an activating group) is 1. The zero-order chi connectivity index (χ0) is 24.5. The number of nitriles is 2. The third kappa shape index (κ3) is 6.30. The van der Waals surface area contributed by atoms with E-state index in [0.717, 1.165) is 12.1 Å². The number of aliphatic hydroxyl groups excluding tert-OH is 2. The van der Waals surface area contributed by atoms with Crippen LogP contribution in [-0.4, -0.2) is 46.8 Å². The first-order valence-electron chi connectivity index (χ1n) is 9.73. The second-order valence-corrected chi connectivity index (χ2v) is 6.83. The predicted octanol–water partition coefficient (Wildman–Crippen LogP) is 2.89. The van der Waals surface area contributed by atoms with Gasteiger partial charge in [0.15, 0.2) is 0 Å². The van der Waals surface area contributed by atoms with Crippen LogP contribution in [0.1, 0.15) is 25.0 Å². The van der Waals surface area contributed by atoms with Crippen LogP contribution in [0.15, 0.2) is 40.6 Å². The Morgan fingerprint density at radius 3 is 2.36 bits per heavy atom. The van der Waals surface area contributed by atoms with Gasteiger partial charge in [-0.3, -0.25) is 14.9 Å². The number of hydrogen-bond donors (Lipinski definition) is 3. The number of carbonyl (C=O) groups is 1. The van der Waals surface area contributed by atoms with Crippen molar-refractivity contribution in [2.24, 2.45) is 10.2 Å². The van der Waals surface area contributed by atoms with Gasteiger partial charge in [-0.2, -0.15) is 10.5 Å². The molecule has 1 atom stereocenters. The maximum Gasteiger partial charge on any atom is 0.272 e. The Kier molecular flexibility index (Phi) is 8.51. The Hall–Kier alpha value is -4.39. The van der Waals surface area contributed by atoms with Gasteiger partial charge in [0.2, 0.25) is 5.91 Å². The lowest BCUT2D eigenvalue weighted by atomic mass is 10.1. The van der Waals surface area contributed by atoms with Crippen LogP contribution in [0.5, 0.6) is 0 Å². The van der Waals surface area contributed by atoms with Gasteiger partial charge in [-0.15, -0.1) is 10.2 Å². The van der Waals surface area contributed by atoms with Gasteiger partial charge in [0.1, 0.15) is 23.5 Å². The third-order valence-electron chi connectivity index (χ3n) is 4.48. The molecule has 12 nitrogen and oxygen atoms in total. The lowest BCUT2D eigenvalue weighted by Gasteiger charge is -2.26. The van der Waals surface area contributed by atoms with Crippen molar-refractivity contribution in [1.29, 1.82) is 10.5 Å². The normalized spacial score (nSPS) is 11.5. The molecule has 2 aromatic carbocycles. The highest BCUT2D eigenvalue weighted by Crippen LogP contribution is 2.34. The van der Waals surface area contributed by atoms with Crippen molar-refractivity contribution in [3.05, 3.63) is 51.6 Å². The van der Waals surface area contributed by atoms with Crippen LogP contribution in [0.2, 0.25) is 0 Å². The zero-order valence-corrected chi connectivity index (χ0v) is 17.9. The number of amides is 1. The van der Waals surface area contributed by atoms with Gasteiger partial charge in [0.25, 0.3) is 5.69 Å². The summed E-state index contributed by atoms with van der Waals surface area (Å²) in [4.78, 5) is 23.8. The van der Waals surface area contributed by atoms with Crippen molar-refractivity contribution in [3.63, 3.8) is 0 Å². The van der Waals surface area contributed by atoms with Crippen LogP contribution < -0.4 is 10.2 Å². The van der Waals surface area contributed by atoms with E-state index < -0.39 is 23.3 Å². The van der Waals surface area contributed by atoms with Gasteiger partial charge < -0.3 is 20.4 Å². The van der Waals surface area contributed by atoms with Crippen molar-refractivity contribution < 1.29 is 19.9 Å². The number of benzene rings is 2. The second-order valence-electron chi connectivity index (χ2n) is 6.83. The molecule has 3 N–H and O–H groups in total. The maximum atomic E-state index is 11.7. The molecule has 0 aliphatic heterocycles. The second kappa shape index (κ2) is 11.3. The first-order valence-corrected chi connectivity index (χ1v) is 9.73. The fraction of sp³-hybridized carbons (Fsp3) is 0.286. The summed E-state index contributed by atoms with van der Waals surface area (Å²) >= 11 is 0. The number of rotatable bonds is 9. The van der Waals surface area contributed by atoms with Crippen molar-refractivity contribution in [2.45, 2.75) is 20.0 Å². The summed E-state index contributed by atoms with van der Waals surface area (Å²) in [5, 5.41) is 59.2. The number of nitro groups is 1. The molecule has 2 aromatic rings. The maximum absolute atomic E-state index is 11.7. The zero-order valence-electron chi connectivity index (χ0n) is 17.9. The van der Waals surface area contributed by atoms with Crippen LogP contribution in [-0.2, 0) is 4.79 Å². The molecule has 0 fully saturated rings. The highest BCUT2D eigenvalue weighted by Gasteiger charge is 2.18. The fourth-order valence-corrected chi connectivity index (χ4v) is 2.93. The Morgan fingerprint density at radius 1 is 1.24 bits per heavy atom. The molecular weight excluding hydrogens is 430 g/mol.